The maximum atomic E-state index is 5.56. The maximum Gasteiger partial charge on any atom is 0.191 e. The average molecular weight is 499 g/mol. The van der Waals surface area contributed by atoms with E-state index in [1.54, 1.807) is 14.2 Å². The SMILES string of the molecule is CCNC(=NCc1ccc(OCC)c(OC)c1)NCc1ccccc1OC.I. The number of nitrogens with one attached hydrogen (secondary N) is 2. The van der Waals surface area contributed by atoms with Crippen molar-refractivity contribution >= 4 is 29.9 Å². The molecule has 0 aliphatic rings. The highest BCUT2D eigenvalue weighted by molar-refractivity contribution is 14.0. The number of halogens is 1. The Kier molecular flexibility index (Phi) is 11.2. The van der Waals surface area contributed by atoms with Gasteiger partial charge in [0.05, 0.1) is 27.4 Å². The fourth-order valence-corrected chi connectivity index (χ4v) is 2.63. The summed E-state index contributed by atoms with van der Waals surface area (Å²) in [5.41, 5.74) is 2.12. The van der Waals surface area contributed by atoms with E-state index in [4.69, 9.17) is 14.2 Å². The van der Waals surface area contributed by atoms with Crippen molar-refractivity contribution in [2.45, 2.75) is 26.9 Å². The summed E-state index contributed by atoms with van der Waals surface area (Å²) in [6, 6.07) is 13.8. The van der Waals surface area contributed by atoms with Crippen molar-refractivity contribution < 1.29 is 14.2 Å². The molecule has 0 aliphatic heterocycles. The molecule has 2 aromatic rings. The second-order valence-electron chi connectivity index (χ2n) is 5.78. The minimum Gasteiger partial charge on any atom is -0.496 e. The monoisotopic (exact) mass is 499 g/mol. The van der Waals surface area contributed by atoms with Crippen LogP contribution in [0.4, 0.5) is 0 Å². The summed E-state index contributed by atoms with van der Waals surface area (Å²) in [5.74, 6) is 3.07. The van der Waals surface area contributed by atoms with Crippen molar-refractivity contribution in [3.05, 3.63) is 53.6 Å². The molecule has 154 valence electrons. The number of benzene rings is 2. The van der Waals surface area contributed by atoms with Crippen LogP contribution in [0.1, 0.15) is 25.0 Å². The van der Waals surface area contributed by atoms with Gasteiger partial charge in [-0.3, -0.25) is 0 Å². The topological polar surface area (TPSA) is 64.1 Å². The fourth-order valence-electron chi connectivity index (χ4n) is 2.63. The fraction of sp³-hybridized carbons (Fsp3) is 0.381. The number of nitrogens with zero attached hydrogens (tertiary/aromatic N) is 1. The lowest BCUT2D eigenvalue weighted by Gasteiger charge is -2.14. The number of rotatable bonds is 9. The summed E-state index contributed by atoms with van der Waals surface area (Å²) in [4.78, 5) is 4.66. The van der Waals surface area contributed by atoms with Gasteiger partial charge in [-0.1, -0.05) is 24.3 Å². The minimum atomic E-state index is 0. The molecule has 0 unspecified atom stereocenters. The predicted molar refractivity (Wildman–Crippen MR) is 124 cm³/mol. The highest BCUT2D eigenvalue weighted by Crippen LogP contribution is 2.28. The average Bonchev–Trinajstić information content (AvgIpc) is 2.71. The molecule has 0 bridgehead atoms. The molecule has 0 fully saturated rings. The molecule has 2 N–H and O–H groups in total. The normalized spacial score (nSPS) is 10.6. The third kappa shape index (κ3) is 7.10. The van der Waals surface area contributed by atoms with Gasteiger partial charge in [0, 0.05) is 18.7 Å². The molecule has 2 aromatic carbocycles. The molecule has 0 radical (unpaired) electrons. The Hall–Kier alpha value is -2.16. The summed E-state index contributed by atoms with van der Waals surface area (Å²) < 4.78 is 16.4. The van der Waals surface area contributed by atoms with Gasteiger partial charge in [0.15, 0.2) is 17.5 Å². The van der Waals surface area contributed by atoms with Crippen molar-refractivity contribution in [2.24, 2.45) is 4.99 Å². The lowest BCUT2D eigenvalue weighted by molar-refractivity contribution is 0.310. The highest BCUT2D eigenvalue weighted by atomic mass is 127. The van der Waals surface area contributed by atoms with Crippen LogP contribution in [0.5, 0.6) is 17.2 Å². The Labute approximate surface area is 184 Å². The third-order valence-corrected chi connectivity index (χ3v) is 3.93. The number of ether oxygens (including phenoxy) is 3. The summed E-state index contributed by atoms with van der Waals surface area (Å²) in [6.45, 7) is 6.54. The van der Waals surface area contributed by atoms with Gasteiger partial charge in [-0.05, 0) is 37.6 Å². The molecule has 0 aliphatic carbocycles. The van der Waals surface area contributed by atoms with Crippen LogP contribution in [0.15, 0.2) is 47.5 Å². The first-order chi connectivity index (χ1) is 13.2. The van der Waals surface area contributed by atoms with Gasteiger partial charge in [-0.25, -0.2) is 4.99 Å². The molecule has 0 saturated heterocycles. The van der Waals surface area contributed by atoms with Crippen LogP contribution in [0.3, 0.4) is 0 Å². The van der Waals surface area contributed by atoms with Gasteiger partial charge in [-0.15, -0.1) is 24.0 Å². The molecule has 0 saturated carbocycles. The van der Waals surface area contributed by atoms with Crippen LogP contribution >= 0.6 is 24.0 Å². The van der Waals surface area contributed by atoms with E-state index in [-0.39, 0.29) is 24.0 Å². The van der Waals surface area contributed by atoms with Gasteiger partial charge in [0.25, 0.3) is 0 Å². The number of guanidine groups is 1. The largest absolute Gasteiger partial charge is 0.496 e. The van der Waals surface area contributed by atoms with Crippen LogP contribution in [-0.4, -0.2) is 33.3 Å². The molecule has 0 amide bonds. The van der Waals surface area contributed by atoms with Gasteiger partial charge in [-0.2, -0.15) is 0 Å². The van der Waals surface area contributed by atoms with Crippen LogP contribution in [0.2, 0.25) is 0 Å². The molecular formula is C21H30IN3O3. The Bertz CT molecular complexity index is 753. The first-order valence-electron chi connectivity index (χ1n) is 9.15. The molecule has 0 heterocycles. The van der Waals surface area contributed by atoms with E-state index in [9.17, 15) is 0 Å². The molecule has 28 heavy (non-hydrogen) atoms. The molecule has 2 rings (SSSR count). The van der Waals surface area contributed by atoms with Gasteiger partial charge in [0.1, 0.15) is 5.75 Å². The van der Waals surface area contributed by atoms with Crippen molar-refractivity contribution in [3.8, 4) is 17.2 Å². The van der Waals surface area contributed by atoms with E-state index in [2.05, 4.69) is 15.6 Å². The molecule has 0 spiro atoms. The van der Waals surface area contributed by atoms with Gasteiger partial charge < -0.3 is 24.8 Å². The number of hydrogen-bond donors (Lipinski definition) is 2. The predicted octanol–water partition coefficient (Wildman–Crippen LogP) is 3.98. The first kappa shape index (κ1) is 23.9. The standard InChI is InChI=1S/C21H29N3O3.HI/c1-5-22-21(24-15-17-9-7-8-10-18(17)25-3)23-14-16-11-12-19(27-6-2)20(13-16)26-4;/h7-13H,5-6,14-15H2,1-4H3,(H2,22,23,24);1H. The zero-order valence-corrected chi connectivity index (χ0v) is 19.3. The van der Waals surface area contributed by atoms with Crippen molar-refractivity contribution in [1.29, 1.82) is 0 Å². The number of aliphatic imine (C=N–C) groups is 1. The van der Waals surface area contributed by atoms with E-state index >= 15 is 0 Å². The quantitative estimate of drug-likeness (QED) is 0.311. The minimum absolute atomic E-state index is 0. The summed E-state index contributed by atoms with van der Waals surface area (Å²) in [5, 5.41) is 6.61. The van der Waals surface area contributed by atoms with E-state index in [0.29, 0.717) is 19.7 Å². The third-order valence-electron chi connectivity index (χ3n) is 3.93. The van der Waals surface area contributed by atoms with Crippen LogP contribution in [0.25, 0.3) is 0 Å². The zero-order chi connectivity index (χ0) is 19.5. The molecule has 0 aromatic heterocycles. The lowest BCUT2D eigenvalue weighted by Crippen LogP contribution is -2.36. The van der Waals surface area contributed by atoms with E-state index in [0.717, 1.165) is 40.9 Å². The highest BCUT2D eigenvalue weighted by Gasteiger charge is 2.06. The van der Waals surface area contributed by atoms with E-state index in [1.165, 1.54) is 0 Å². The first-order valence-corrected chi connectivity index (χ1v) is 9.15. The Balaban J connectivity index is 0.00000392. The summed E-state index contributed by atoms with van der Waals surface area (Å²) in [7, 11) is 3.32. The number of methoxy groups -OCH3 is 2. The zero-order valence-electron chi connectivity index (χ0n) is 17.0. The molecular weight excluding hydrogens is 469 g/mol. The number of para-hydroxylation sites is 1. The van der Waals surface area contributed by atoms with Crippen molar-refractivity contribution in [3.63, 3.8) is 0 Å². The van der Waals surface area contributed by atoms with E-state index < -0.39 is 0 Å². The van der Waals surface area contributed by atoms with Gasteiger partial charge in [0.2, 0.25) is 0 Å². The maximum absolute atomic E-state index is 5.56. The Morgan fingerprint density at radius 3 is 2.36 bits per heavy atom. The van der Waals surface area contributed by atoms with Crippen molar-refractivity contribution in [2.75, 3.05) is 27.4 Å². The summed E-state index contributed by atoms with van der Waals surface area (Å²) in [6.07, 6.45) is 0. The molecule has 6 nitrogen and oxygen atoms in total. The van der Waals surface area contributed by atoms with Crippen LogP contribution in [0, 0.1) is 0 Å². The second kappa shape index (κ2) is 13.1. The molecule has 7 heteroatoms. The van der Waals surface area contributed by atoms with E-state index in [1.807, 2.05) is 56.3 Å². The van der Waals surface area contributed by atoms with Crippen LogP contribution in [-0.2, 0) is 13.1 Å². The summed E-state index contributed by atoms with van der Waals surface area (Å²) >= 11 is 0. The Morgan fingerprint density at radius 2 is 1.68 bits per heavy atom. The lowest BCUT2D eigenvalue weighted by atomic mass is 10.2. The Morgan fingerprint density at radius 1 is 0.929 bits per heavy atom. The van der Waals surface area contributed by atoms with Crippen molar-refractivity contribution in [1.82, 2.24) is 10.6 Å². The second-order valence-corrected chi connectivity index (χ2v) is 5.78. The number of hydrogen-bond acceptors (Lipinski definition) is 4. The van der Waals surface area contributed by atoms with Crippen LogP contribution < -0.4 is 24.8 Å². The molecule has 0 atom stereocenters. The van der Waals surface area contributed by atoms with Gasteiger partial charge >= 0.3 is 0 Å². The smallest absolute Gasteiger partial charge is 0.191 e.